The van der Waals surface area contributed by atoms with Crippen molar-refractivity contribution in [3.05, 3.63) is 129 Å². The minimum Gasteiger partial charge on any atom is -0.493 e. The first-order valence-electron chi connectivity index (χ1n) is 13.6. The molecule has 0 fully saturated rings. The van der Waals surface area contributed by atoms with Crippen molar-refractivity contribution in [2.24, 2.45) is 0 Å². The normalized spacial score (nSPS) is 10.7. The van der Waals surface area contributed by atoms with E-state index in [4.69, 9.17) is 23.7 Å². The molecular formula is C34H31NO9. The zero-order valence-corrected chi connectivity index (χ0v) is 24.3. The van der Waals surface area contributed by atoms with Crippen molar-refractivity contribution < 1.29 is 38.2 Å². The van der Waals surface area contributed by atoms with E-state index in [1.807, 2.05) is 60.7 Å². The van der Waals surface area contributed by atoms with Crippen LogP contribution in [0.5, 0.6) is 23.0 Å². The number of carbonyl (C=O) groups is 2. The highest BCUT2D eigenvalue weighted by Crippen LogP contribution is 2.36. The van der Waals surface area contributed by atoms with E-state index in [0.717, 1.165) is 11.1 Å². The number of Topliss-reactive ketones (excluding diaryl/α,β-unsaturated/α-hetero) is 1. The van der Waals surface area contributed by atoms with Crippen LogP contribution in [-0.2, 0) is 22.7 Å². The molecule has 226 valence electrons. The molecule has 0 unspecified atom stereocenters. The summed E-state index contributed by atoms with van der Waals surface area (Å²) in [6.45, 7) is 0.330. The average Bonchev–Trinajstić information content (AvgIpc) is 3.05. The molecule has 0 spiro atoms. The second-order valence-electron chi connectivity index (χ2n) is 9.42. The Balaban J connectivity index is 1.33. The molecule has 4 aromatic carbocycles. The molecule has 0 aliphatic rings. The highest BCUT2D eigenvalue weighted by molar-refractivity contribution is 6.06. The molecule has 0 aliphatic heterocycles. The van der Waals surface area contributed by atoms with Gasteiger partial charge in [-0.2, -0.15) is 0 Å². The summed E-state index contributed by atoms with van der Waals surface area (Å²) in [5.74, 6) is 0.134. The molecule has 0 N–H and O–H groups in total. The number of benzene rings is 4. The summed E-state index contributed by atoms with van der Waals surface area (Å²) in [4.78, 5) is 36.3. The second-order valence-corrected chi connectivity index (χ2v) is 9.42. The van der Waals surface area contributed by atoms with Crippen molar-refractivity contribution in [3.63, 3.8) is 0 Å². The Morgan fingerprint density at radius 1 is 0.750 bits per heavy atom. The van der Waals surface area contributed by atoms with Gasteiger partial charge in [-0.15, -0.1) is 0 Å². The van der Waals surface area contributed by atoms with Crippen LogP contribution in [0.1, 0.15) is 33.5 Å². The van der Waals surface area contributed by atoms with Gasteiger partial charge in [0.25, 0.3) is 5.69 Å². The summed E-state index contributed by atoms with van der Waals surface area (Å²) in [5, 5.41) is 11.7. The zero-order valence-electron chi connectivity index (χ0n) is 24.3. The lowest BCUT2D eigenvalue weighted by Gasteiger charge is -2.12. The molecule has 0 saturated heterocycles. The number of hydrogen-bond donors (Lipinski definition) is 0. The van der Waals surface area contributed by atoms with Gasteiger partial charge in [-0.25, -0.2) is 0 Å². The van der Waals surface area contributed by atoms with E-state index in [9.17, 15) is 19.7 Å². The molecule has 10 heteroatoms. The van der Waals surface area contributed by atoms with E-state index in [1.54, 1.807) is 12.1 Å². The summed E-state index contributed by atoms with van der Waals surface area (Å²) in [6, 6.07) is 26.4. The van der Waals surface area contributed by atoms with Gasteiger partial charge in [-0.3, -0.25) is 19.7 Å². The Morgan fingerprint density at radius 2 is 1.34 bits per heavy atom. The minimum atomic E-state index is -0.750. The van der Waals surface area contributed by atoms with Gasteiger partial charge >= 0.3 is 5.97 Å². The predicted molar refractivity (Wildman–Crippen MR) is 163 cm³/mol. The maximum Gasteiger partial charge on any atom is 0.314 e. The van der Waals surface area contributed by atoms with E-state index in [2.05, 4.69) is 0 Å². The smallest absolute Gasteiger partial charge is 0.314 e. The lowest BCUT2D eigenvalue weighted by Crippen LogP contribution is -2.12. The topological polar surface area (TPSA) is 123 Å². The molecule has 4 aromatic rings. The largest absolute Gasteiger partial charge is 0.493 e. The van der Waals surface area contributed by atoms with Gasteiger partial charge in [0.05, 0.1) is 30.8 Å². The van der Waals surface area contributed by atoms with Crippen LogP contribution in [0.4, 0.5) is 5.69 Å². The molecule has 0 aromatic heterocycles. The first-order valence-corrected chi connectivity index (χ1v) is 13.6. The van der Waals surface area contributed by atoms with E-state index in [-0.39, 0.29) is 35.8 Å². The summed E-state index contributed by atoms with van der Waals surface area (Å²) >= 11 is 0. The van der Waals surface area contributed by atoms with Gasteiger partial charge in [0.2, 0.25) is 0 Å². The third-order valence-electron chi connectivity index (χ3n) is 6.41. The van der Waals surface area contributed by atoms with Gasteiger partial charge in [0, 0.05) is 5.56 Å². The molecular weight excluding hydrogens is 566 g/mol. The zero-order chi connectivity index (χ0) is 31.3. The van der Waals surface area contributed by atoms with E-state index < -0.39 is 23.1 Å². The van der Waals surface area contributed by atoms with Gasteiger partial charge in [-0.05, 0) is 47.5 Å². The lowest BCUT2D eigenvalue weighted by molar-refractivity contribution is -0.385. The van der Waals surface area contributed by atoms with Crippen LogP contribution in [-0.4, -0.2) is 37.5 Å². The quantitative estimate of drug-likeness (QED) is 0.0490. The monoisotopic (exact) mass is 597 g/mol. The number of hydrogen-bond acceptors (Lipinski definition) is 9. The molecule has 0 radical (unpaired) electrons. The number of ketones is 1. The number of nitro benzene ring substituents is 1. The maximum absolute atomic E-state index is 12.7. The summed E-state index contributed by atoms with van der Waals surface area (Å²) in [5.41, 5.74) is 2.15. The Bertz CT molecular complexity index is 1620. The van der Waals surface area contributed by atoms with Gasteiger partial charge in [0.1, 0.15) is 26.2 Å². The molecule has 0 saturated carbocycles. The Morgan fingerprint density at radius 3 is 1.93 bits per heavy atom. The molecule has 4 rings (SSSR count). The average molecular weight is 598 g/mol. The van der Waals surface area contributed by atoms with Gasteiger partial charge in [0.15, 0.2) is 28.8 Å². The fraction of sp³-hybridized carbons (Fsp3) is 0.176. The summed E-state index contributed by atoms with van der Waals surface area (Å²) in [7, 11) is 2.90. The highest BCUT2D eigenvalue weighted by atomic mass is 16.6. The first kappa shape index (κ1) is 31.3. The molecule has 0 heterocycles. The molecule has 0 bridgehead atoms. The third-order valence-corrected chi connectivity index (χ3v) is 6.41. The highest BCUT2D eigenvalue weighted by Gasteiger charge is 2.19. The third kappa shape index (κ3) is 8.68. The first-order chi connectivity index (χ1) is 21.4. The van der Waals surface area contributed by atoms with Gasteiger partial charge in [-0.1, -0.05) is 60.7 Å². The molecule has 0 aliphatic carbocycles. The molecule has 10 nitrogen and oxygen atoms in total. The molecule has 0 atom stereocenters. The fourth-order valence-corrected chi connectivity index (χ4v) is 4.16. The van der Waals surface area contributed by atoms with Crippen LogP contribution in [0.25, 0.3) is 6.08 Å². The number of rotatable bonds is 15. The minimum absolute atomic E-state index is 0.201. The van der Waals surface area contributed by atoms with Crippen molar-refractivity contribution in [1.29, 1.82) is 0 Å². The predicted octanol–water partition coefficient (Wildman–Crippen LogP) is 6.60. The van der Waals surface area contributed by atoms with Crippen molar-refractivity contribution in [2.75, 3.05) is 20.8 Å². The van der Waals surface area contributed by atoms with Crippen LogP contribution in [0.3, 0.4) is 0 Å². The van der Waals surface area contributed by atoms with Gasteiger partial charge < -0.3 is 23.7 Å². The fourth-order valence-electron chi connectivity index (χ4n) is 4.16. The van der Waals surface area contributed by atoms with Crippen LogP contribution < -0.4 is 18.9 Å². The van der Waals surface area contributed by atoms with Crippen LogP contribution in [0.2, 0.25) is 0 Å². The Hall–Kier alpha value is -5.64. The maximum atomic E-state index is 12.7. The number of carbonyl (C=O) groups excluding carboxylic acids is 2. The van der Waals surface area contributed by atoms with Crippen LogP contribution >= 0.6 is 0 Å². The van der Waals surface area contributed by atoms with Crippen molar-refractivity contribution in [3.8, 4) is 23.0 Å². The van der Waals surface area contributed by atoms with E-state index >= 15 is 0 Å². The van der Waals surface area contributed by atoms with E-state index in [0.29, 0.717) is 23.9 Å². The van der Waals surface area contributed by atoms with E-state index in [1.165, 1.54) is 44.6 Å². The summed E-state index contributed by atoms with van der Waals surface area (Å²) < 4.78 is 27.5. The standard InChI is InChI=1S/C34H31NO9/c1-40-31-19-27(15-16-30(31)43-22-24-10-5-3-6-11-24)29(36)21-34(37)42-17-9-14-26-18-32(41-2)33(20-28(26)35(38)39)44-23-25-12-7-4-8-13-25/h3-16,18-20H,17,21-23H2,1-2H3/b14-9+. The Labute approximate surface area is 254 Å². The van der Waals surface area contributed by atoms with Crippen LogP contribution in [0.15, 0.2) is 97.1 Å². The van der Waals surface area contributed by atoms with Crippen molar-refractivity contribution in [1.82, 2.24) is 0 Å². The number of nitrogens with zero attached hydrogens (tertiary/aromatic N) is 1. The molecule has 0 amide bonds. The Kier molecular flexibility index (Phi) is 11.1. The lowest BCUT2D eigenvalue weighted by atomic mass is 10.1. The number of esters is 1. The number of nitro groups is 1. The summed E-state index contributed by atoms with van der Waals surface area (Å²) in [6.07, 6.45) is 2.38. The van der Waals surface area contributed by atoms with Crippen molar-refractivity contribution >= 4 is 23.5 Å². The van der Waals surface area contributed by atoms with Crippen LogP contribution in [0, 0.1) is 10.1 Å². The van der Waals surface area contributed by atoms with Crippen molar-refractivity contribution in [2.45, 2.75) is 19.6 Å². The molecule has 44 heavy (non-hydrogen) atoms. The number of ether oxygens (including phenoxy) is 5. The SMILES string of the molecule is COc1cc(C(=O)CC(=O)OC/C=C/c2cc(OC)c(OCc3ccccc3)cc2[N+](=O)[O-])ccc1OCc1ccccc1. The second kappa shape index (κ2) is 15.5. The number of methoxy groups -OCH3 is 2.